The number of aromatic hydroxyl groups is 1. The van der Waals surface area contributed by atoms with Gasteiger partial charge < -0.3 is 15.2 Å². The molecule has 0 saturated carbocycles. The number of hydrazine groups is 1. The maximum atomic E-state index is 12.7. The van der Waals surface area contributed by atoms with Crippen molar-refractivity contribution in [1.29, 1.82) is 0 Å². The molecule has 2 unspecified atom stereocenters. The van der Waals surface area contributed by atoms with Gasteiger partial charge in [0.2, 0.25) is 15.9 Å². The Bertz CT molecular complexity index is 1100. The van der Waals surface area contributed by atoms with E-state index in [1.165, 1.54) is 16.4 Å². The molecular formula is C22H28N4O5S. The van der Waals surface area contributed by atoms with E-state index in [2.05, 4.69) is 16.2 Å². The number of morpholine rings is 1. The van der Waals surface area contributed by atoms with Crippen LogP contribution in [0, 0.1) is 13.8 Å². The van der Waals surface area contributed by atoms with Crippen LogP contribution in [0.3, 0.4) is 0 Å². The van der Waals surface area contributed by atoms with Crippen molar-refractivity contribution < 1.29 is 23.1 Å². The normalized spacial score (nSPS) is 22.1. The number of nitrogens with one attached hydrogen (secondary N) is 3. The molecule has 1 amide bonds. The van der Waals surface area contributed by atoms with Crippen molar-refractivity contribution in [3.05, 3.63) is 53.1 Å². The fourth-order valence-corrected chi connectivity index (χ4v) is 5.32. The van der Waals surface area contributed by atoms with E-state index in [1.807, 2.05) is 19.9 Å². The third kappa shape index (κ3) is 4.64. The Labute approximate surface area is 187 Å². The highest BCUT2D eigenvalue weighted by Gasteiger charge is 2.32. The van der Waals surface area contributed by atoms with Gasteiger partial charge in [-0.05, 0) is 61.7 Å². The zero-order valence-corrected chi connectivity index (χ0v) is 18.9. The molecule has 2 aliphatic rings. The van der Waals surface area contributed by atoms with E-state index in [1.54, 1.807) is 18.2 Å². The van der Waals surface area contributed by atoms with E-state index in [9.17, 15) is 18.3 Å². The first-order chi connectivity index (χ1) is 15.3. The number of phenolic OH excluding ortho intramolecular Hbond substituents is 1. The molecule has 4 N–H and O–H groups in total. The average Bonchev–Trinajstić information content (AvgIpc) is 3.27. The number of rotatable bonds is 5. The summed E-state index contributed by atoms with van der Waals surface area (Å²) in [4.78, 5) is 12.9. The number of phenols is 1. The SMILES string of the molecule is Cc1cc(O)c(C2CC(C(=O)Nc3ccc(S(=O)(=O)N4CCOCC4)cc3)NN2)cc1C. The van der Waals surface area contributed by atoms with Crippen molar-refractivity contribution in [1.82, 2.24) is 15.2 Å². The fraction of sp³-hybridized carbons (Fsp3) is 0.409. The van der Waals surface area contributed by atoms with Crippen molar-refractivity contribution in [2.75, 3.05) is 31.6 Å². The van der Waals surface area contributed by atoms with Gasteiger partial charge in [0.05, 0.1) is 24.2 Å². The largest absolute Gasteiger partial charge is 0.508 e. The second kappa shape index (κ2) is 9.16. The van der Waals surface area contributed by atoms with Crippen LogP contribution >= 0.6 is 0 Å². The minimum absolute atomic E-state index is 0.184. The maximum Gasteiger partial charge on any atom is 0.243 e. The number of hydrogen-bond donors (Lipinski definition) is 4. The van der Waals surface area contributed by atoms with E-state index in [-0.39, 0.29) is 22.6 Å². The van der Waals surface area contributed by atoms with Gasteiger partial charge >= 0.3 is 0 Å². The summed E-state index contributed by atoms with van der Waals surface area (Å²) < 4.78 is 32.1. The number of amides is 1. The second-order valence-corrected chi connectivity index (χ2v) is 10.1. The van der Waals surface area contributed by atoms with E-state index < -0.39 is 16.1 Å². The predicted molar refractivity (Wildman–Crippen MR) is 120 cm³/mol. The molecule has 4 rings (SSSR count). The lowest BCUT2D eigenvalue weighted by molar-refractivity contribution is -0.117. The molecule has 2 atom stereocenters. The van der Waals surface area contributed by atoms with Gasteiger partial charge in [0, 0.05) is 24.3 Å². The predicted octanol–water partition coefficient (Wildman–Crippen LogP) is 1.58. The van der Waals surface area contributed by atoms with Crippen molar-refractivity contribution in [3.63, 3.8) is 0 Å². The molecule has 0 radical (unpaired) electrons. The summed E-state index contributed by atoms with van der Waals surface area (Å²) >= 11 is 0. The molecule has 0 bridgehead atoms. The fourth-order valence-electron chi connectivity index (χ4n) is 3.91. The second-order valence-electron chi connectivity index (χ2n) is 8.15. The summed E-state index contributed by atoms with van der Waals surface area (Å²) in [7, 11) is -3.58. The number of aryl methyl sites for hydroxylation is 2. The topological polar surface area (TPSA) is 120 Å². The van der Waals surface area contributed by atoms with Crippen molar-refractivity contribution >= 4 is 21.6 Å². The van der Waals surface area contributed by atoms with Crippen LogP contribution in [-0.4, -0.2) is 56.1 Å². The Morgan fingerprint density at radius 2 is 1.75 bits per heavy atom. The Morgan fingerprint density at radius 3 is 2.44 bits per heavy atom. The summed E-state index contributed by atoms with van der Waals surface area (Å²) in [5, 5.41) is 13.1. The molecule has 0 aliphatic carbocycles. The van der Waals surface area contributed by atoms with Gasteiger partial charge in [-0.2, -0.15) is 4.31 Å². The summed E-state index contributed by atoms with van der Waals surface area (Å²) in [5.74, 6) is -0.0439. The quantitative estimate of drug-likeness (QED) is 0.535. The third-order valence-corrected chi connectivity index (χ3v) is 7.88. The van der Waals surface area contributed by atoms with Gasteiger partial charge in [-0.1, -0.05) is 6.07 Å². The minimum atomic E-state index is -3.58. The van der Waals surface area contributed by atoms with Gasteiger partial charge in [0.1, 0.15) is 11.8 Å². The molecule has 2 saturated heterocycles. The number of carbonyl (C=O) groups excluding carboxylic acids is 1. The van der Waals surface area contributed by atoms with Crippen LogP contribution in [0.1, 0.15) is 29.2 Å². The smallest absolute Gasteiger partial charge is 0.243 e. The van der Waals surface area contributed by atoms with Crippen LogP contribution in [-0.2, 0) is 19.6 Å². The lowest BCUT2D eigenvalue weighted by atomic mass is 9.97. The first-order valence-electron chi connectivity index (χ1n) is 10.6. The Hall–Kier alpha value is -2.50. The highest BCUT2D eigenvalue weighted by atomic mass is 32.2. The molecule has 2 heterocycles. The van der Waals surface area contributed by atoms with E-state index in [0.29, 0.717) is 38.4 Å². The first-order valence-corrected chi connectivity index (χ1v) is 12.0. The molecule has 2 aromatic carbocycles. The van der Waals surface area contributed by atoms with Gasteiger partial charge in [-0.3, -0.25) is 4.79 Å². The highest BCUT2D eigenvalue weighted by Crippen LogP contribution is 2.32. The Kier molecular flexibility index (Phi) is 6.50. The van der Waals surface area contributed by atoms with Crippen LogP contribution in [0.4, 0.5) is 5.69 Å². The molecule has 10 heteroatoms. The first kappa shape index (κ1) is 22.7. The van der Waals surface area contributed by atoms with E-state index in [0.717, 1.165) is 16.7 Å². The molecule has 2 aliphatic heterocycles. The van der Waals surface area contributed by atoms with Crippen LogP contribution in [0.2, 0.25) is 0 Å². The van der Waals surface area contributed by atoms with Crippen LogP contribution < -0.4 is 16.2 Å². The van der Waals surface area contributed by atoms with Gasteiger partial charge in [0.25, 0.3) is 0 Å². The average molecular weight is 461 g/mol. The van der Waals surface area contributed by atoms with E-state index in [4.69, 9.17) is 4.74 Å². The lowest BCUT2D eigenvalue weighted by Gasteiger charge is -2.26. The molecule has 2 aromatic rings. The van der Waals surface area contributed by atoms with Gasteiger partial charge in [-0.15, -0.1) is 0 Å². The lowest BCUT2D eigenvalue weighted by Crippen LogP contribution is -2.40. The van der Waals surface area contributed by atoms with Crippen molar-refractivity contribution in [2.45, 2.75) is 37.2 Å². The Morgan fingerprint density at radius 1 is 1.09 bits per heavy atom. The summed E-state index contributed by atoms with van der Waals surface area (Å²) in [6.07, 6.45) is 0.464. The molecule has 2 fully saturated rings. The molecule has 0 aromatic heterocycles. The van der Waals surface area contributed by atoms with E-state index >= 15 is 0 Å². The van der Waals surface area contributed by atoms with Crippen molar-refractivity contribution in [2.24, 2.45) is 0 Å². The number of sulfonamides is 1. The number of benzene rings is 2. The monoisotopic (exact) mass is 460 g/mol. The summed E-state index contributed by atoms with van der Waals surface area (Å²) in [5.41, 5.74) is 9.38. The zero-order valence-electron chi connectivity index (χ0n) is 18.1. The minimum Gasteiger partial charge on any atom is -0.508 e. The number of carbonyl (C=O) groups is 1. The highest BCUT2D eigenvalue weighted by molar-refractivity contribution is 7.89. The van der Waals surface area contributed by atoms with Crippen LogP contribution in [0.5, 0.6) is 5.75 Å². The van der Waals surface area contributed by atoms with Crippen molar-refractivity contribution in [3.8, 4) is 5.75 Å². The molecule has 0 spiro atoms. The zero-order chi connectivity index (χ0) is 22.9. The number of ether oxygens (including phenoxy) is 1. The molecule has 9 nitrogen and oxygen atoms in total. The number of anilines is 1. The number of nitrogens with zero attached hydrogens (tertiary/aromatic N) is 1. The van der Waals surface area contributed by atoms with Gasteiger partial charge in [0.15, 0.2) is 0 Å². The summed E-state index contributed by atoms with van der Waals surface area (Å²) in [6.45, 7) is 5.35. The number of hydrogen-bond acceptors (Lipinski definition) is 7. The van der Waals surface area contributed by atoms with Crippen LogP contribution in [0.25, 0.3) is 0 Å². The van der Waals surface area contributed by atoms with Crippen LogP contribution in [0.15, 0.2) is 41.3 Å². The maximum absolute atomic E-state index is 12.7. The standard InChI is InChI=1S/C22H28N4O5S/c1-14-11-18(21(27)12-15(14)2)19-13-20(25-24-19)22(28)23-16-3-5-17(6-4-16)32(29,30)26-7-9-31-10-8-26/h3-6,11-12,19-20,24-25,27H,7-10,13H2,1-2H3,(H,23,28). The third-order valence-electron chi connectivity index (χ3n) is 5.97. The molecule has 172 valence electrons. The molecule has 32 heavy (non-hydrogen) atoms. The molecular weight excluding hydrogens is 432 g/mol. The summed E-state index contributed by atoms with van der Waals surface area (Å²) in [6, 6.07) is 9.11. The Balaban J connectivity index is 1.39. The van der Waals surface area contributed by atoms with Gasteiger partial charge in [-0.25, -0.2) is 19.3 Å².